The van der Waals surface area contributed by atoms with Gasteiger partial charge in [-0.05, 0) is 74.0 Å². The number of hydrogen-bond donors (Lipinski definition) is 0. The van der Waals surface area contributed by atoms with Crippen LogP contribution in [0.5, 0.6) is 0 Å². The Morgan fingerprint density at radius 2 is 1.00 bits per heavy atom. The fourth-order valence-corrected chi connectivity index (χ4v) is 9.82. The predicted octanol–water partition coefficient (Wildman–Crippen LogP) is 12.3. The van der Waals surface area contributed by atoms with Crippen LogP contribution in [-0.4, -0.2) is 90.8 Å². The Labute approximate surface area is 325 Å². The van der Waals surface area contributed by atoms with Crippen molar-refractivity contribution in [3.63, 3.8) is 0 Å². The van der Waals surface area contributed by atoms with E-state index in [1.165, 1.54) is 167 Å². The van der Waals surface area contributed by atoms with Crippen molar-refractivity contribution in [3.8, 4) is 0 Å². The standard InChI is InChI=1S/C46H94N2O4/c1-9-11-13-23-29-42-33-35-46(34-27-21-20-24-30-43(46)41-52-51-40-37-48(6,7)8)45(44(42)31-25-14-12-10-2)32-26-19-17-15-16-18-22-28-38-49-50-39-36-47(3,4)5/h42-45H,9-41H2,1-8H3/q+2/t42?,43?,44?,45?,46-/m0/s1. The van der Waals surface area contributed by atoms with Crippen molar-refractivity contribution >= 4 is 0 Å². The molecular formula is C46H94N2O4+2. The van der Waals surface area contributed by atoms with Gasteiger partial charge in [0.1, 0.15) is 26.3 Å². The topological polar surface area (TPSA) is 36.9 Å². The molecule has 5 atom stereocenters. The van der Waals surface area contributed by atoms with E-state index in [0.29, 0.717) is 24.5 Å². The van der Waals surface area contributed by atoms with Crippen LogP contribution in [0.2, 0.25) is 0 Å². The van der Waals surface area contributed by atoms with E-state index >= 15 is 0 Å². The van der Waals surface area contributed by atoms with E-state index in [9.17, 15) is 0 Å². The summed E-state index contributed by atoms with van der Waals surface area (Å²) in [6.45, 7) is 9.59. The highest BCUT2D eigenvalue weighted by molar-refractivity contribution is 5.01. The second-order valence-corrected chi connectivity index (χ2v) is 19.5. The molecule has 6 nitrogen and oxygen atoms in total. The summed E-state index contributed by atoms with van der Waals surface area (Å²) < 4.78 is 1.83. The second-order valence-electron chi connectivity index (χ2n) is 19.5. The predicted molar refractivity (Wildman–Crippen MR) is 222 cm³/mol. The van der Waals surface area contributed by atoms with Crippen molar-refractivity contribution in [1.82, 2.24) is 0 Å². The fourth-order valence-electron chi connectivity index (χ4n) is 9.82. The molecular weight excluding hydrogens is 645 g/mol. The van der Waals surface area contributed by atoms with Gasteiger partial charge < -0.3 is 8.97 Å². The molecule has 0 heterocycles. The highest BCUT2D eigenvalue weighted by Crippen LogP contribution is 2.59. The Morgan fingerprint density at radius 3 is 1.63 bits per heavy atom. The number of likely N-dealkylation sites (N-methyl/N-ethyl adjacent to an activating group) is 2. The molecule has 2 saturated carbocycles. The van der Waals surface area contributed by atoms with Gasteiger partial charge in [0.15, 0.2) is 0 Å². The number of rotatable bonds is 31. The smallest absolute Gasteiger partial charge is 0.131 e. The second kappa shape index (κ2) is 28.2. The third kappa shape index (κ3) is 21.2. The van der Waals surface area contributed by atoms with E-state index in [-0.39, 0.29) is 0 Å². The lowest BCUT2D eigenvalue weighted by Crippen LogP contribution is -2.49. The summed E-state index contributed by atoms with van der Waals surface area (Å²) in [4.78, 5) is 22.9. The molecule has 0 bridgehead atoms. The van der Waals surface area contributed by atoms with Gasteiger partial charge in [-0.3, -0.25) is 0 Å². The lowest BCUT2D eigenvalue weighted by atomic mass is 9.49. The van der Waals surface area contributed by atoms with Crippen molar-refractivity contribution in [2.45, 2.75) is 187 Å². The summed E-state index contributed by atoms with van der Waals surface area (Å²) in [7, 11) is 13.3. The Balaban J connectivity index is 2.03. The monoisotopic (exact) mass is 739 g/mol. The van der Waals surface area contributed by atoms with Crippen LogP contribution in [-0.2, 0) is 19.6 Å². The average molecular weight is 739 g/mol. The summed E-state index contributed by atoms with van der Waals surface area (Å²) >= 11 is 0. The van der Waals surface area contributed by atoms with Gasteiger partial charge in [-0.15, -0.1) is 0 Å². The van der Waals surface area contributed by atoms with E-state index in [0.717, 1.165) is 59.4 Å². The van der Waals surface area contributed by atoms with Gasteiger partial charge in [-0.25, -0.2) is 19.6 Å². The van der Waals surface area contributed by atoms with E-state index in [2.05, 4.69) is 56.1 Å². The molecule has 0 aromatic heterocycles. The van der Waals surface area contributed by atoms with Gasteiger partial charge in [-0.1, -0.05) is 142 Å². The Bertz CT molecular complexity index is 826. The first-order valence-electron chi connectivity index (χ1n) is 23.1. The zero-order valence-corrected chi connectivity index (χ0v) is 36.7. The Hall–Kier alpha value is -0.240. The third-order valence-electron chi connectivity index (χ3n) is 13.0. The molecule has 2 aliphatic rings. The van der Waals surface area contributed by atoms with Gasteiger partial charge in [0.25, 0.3) is 0 Å². The van der Waals surface area contributed by atoms with Gasteiger partial charge in [-0.2, -0.15) is 0 Å². The normalized spacial score (nSPS) is 24.7. The summed E-state index contributed by atoms with van der Waals surface area (Å²) in [6.07, 6.45) is 37.7. The van der Waals surface area contributed by atoms with E-state index in [1.54, 1.807) is 0 Å². The van der Waals surface area contributed by atoms with Crippen LogP contribution < -0.4 is 0 Å². The summed E-state index contributed by atoms with van der Waals surface area (Å²) in [5.41, 5.74) is 0.441. The van der Waals surface area contributed by atoms with Crippen LogP contribution in [0.3, 0.4) is 0 Å². The molecule has 0 aromatic carbocycles. The lowest BCUT2D eigenvalue weighted by molar-refractivity contribution is -0.871. The molecule has 0 saturated heterocycles. The van der Waals surface area contributed by atoms with Crippen LogP contribution >= 0.6 is 0 Å². The van der Waals surface area contributed by atoms with Crippen molar-refractivity contribution in [2.75, 3.05) is 81.8 Å². The van der Waals surface area contributed by atoms with Gasteiger partial charge >= 0.3 is 0 Å². The highest BCUT2D eigenvalue weighted by Gasteiger charge is 2.51. The molecule has 2 rings (SSSR count). The fraction of sp³-hybridized carbons (Fsp3) is 1.00. The maximum Gasteiger partial charge on any atom is 0.131 e. The average Bonchev–Trinajstić information content (AvgIpc) is 3.08. The van der Waals surface area contributed by atoms with Crippen molar-refractivity contribution < 1.29 is 28.5 Å². The first-order chi connectivity index (χ1) is 25.0. The van der Waals surface area contributed by atoms with Crippen LogP contribution in [0, 0.1) is 29.1 Å². The molecule has 0 N–H and O–H groups in total. The molecule has 6 heteroatoms. The number of hydrogen-bond acceptors (Lipinski definition) is 4. The first-order valence-corrected chi connectivity index (χ1v) is 23.1. The first kappa shape index (κ1) is 47.9. The number of nitrogens with zero attached hydrogens (tertiary/aromatic N) is 2. The molecule has 52 heavy (non-hydrogen) atoms. The van der Waals surface area contributed by atoms with E-state index in [4.69, 9.17) is 19.6 Å². The van der Waals surface area contributed by atoms with Crippen LogP contribution in [0.15, 0.2) is 0 Å². The third-order valence-corrected chi connectivity index (χ3v) is 13.0. The highest BCUT2D eigenvalue weighted by atomic mass is 17.2. The SMILES string of the molecule is CCCCCCC1CC[C@]2(CCCCCCC2COOCC[N+](C)(C)C)C(CCCCCCCCCCOOCC[N+](C)(C)C)C1CCCCCC. The molecule has 4 unspecified atom stereocenters. The molecule has 0 aromatic rings. The maximum absolute atomic E-state index is 6.22. The minimum atomic E-state index is 0.441. The van der Waals surface area contributed by atoms with Gasteiger partial charge in [0.05, 0.1) is 55.5 Å². The van der Waals surface area contributed by atoms with Crippen molar-refractivity contribution in [1.29, 1.82) is 0 Å². The summed E-state index contributed by atoms with van der Waals surface area (Å²) in [6, 6.07) is 0. The number of quaternary nitrogens is 2. The molecule has 1 spiro atoms. The summed E-state index contributed by atoms with van der Waals surface area (Å²) in [5, 5.41) is 0. The van der Waals surface area contributed by atoms with Crippen LogP contribution in [0.1, 0.15) is 187 Å². The molecule has 0 radical (unpaired) electrons. The minimum Gasteiger partial charge on any atom is -0.329 e. The van der Waals surface area contributed by atoms with E-state index < -0.39 is 0 Å². The molecule has 2 fully saturated rings. The lowest BCUT2D eigenvalue weighted by Gasteiger charge is -2.56. The van der Waals surface area contributed by atoms with Crippen molar-refractivity contribution in [3.05, 3.63) is 0 Å². The van der Waals surface area contributed by atoms with E-state index in [1.807, 2.05) is 0 Å². The minimum absolute atomic E-state index is 0.441. The zero-order valence-electron chi connectivity index (χ0n) is 36.7. The maximum atomic E-state index is 6.22. The summed E-state index contributed by atoms with van der Waals surface area (Å²) in [5.74, 6) is 3.36. The molecule has 0 aliphatic heterocycles. The quantitative estimate of drug-likeness (QED) is 0.0307. The number of unbranched alkanes of at least 4 members (excludes halogenated alkanes) is 13. The largest absolute Gasteiger partial charge is 0.329 e. The molecule has 0 amide bonds. The van der Waals surface area contributed by atoms with Gasteiger partial charge in [0, 0.05) is 0 Å². The molecule has 310 valence electrons. The van der Waals surface area contributed by atoms with Crippen LogP contribution in [0.4, 0.5) is 0 Å². The Kier molecular flexibility index (Phi) is 26.0. The molecule has 2 aliphatic carbocycles. The Morgan fingerprint density at radius 1 is 0.481 bits per heavy atom. The zero-order chi connectivity index (χ0) is 38.0. The van der Waals surface area contributed by atoms with Crippen molar-refractivity contribution in [2.24, 2.45) is 29.1 Å². The van der Waals surface area contributed by atoms with Gasteiger partial charge in [0.2, 0.25) is 0 Å². The van der Waals surface area contributed by atoms with Crippen LogP contribution in [0.25, 0.3) is 0 Å².